The van der Waals surface area contributed by atoms with Crippen molar-refractivity contribution in [1.82, 2.24) is 14.9 Å². The Bertz CT molecular complexity index is 1210. The van der Waals surface area contributed by atoms with Gasteiger partial charge < -0.3 is 19.5 Å². The third kappa shape index (κ3) is 4.36. The SMILES string of the molecule is O=C(Cn1c(-c2ccccc2)cc2ccccc21)NCc1ccnc(N2CCOCC2)c1. The summed E-state index contributed by atoms with van der Waals surface area (Å²) in [6, 6.07) is 24.5. The van der Waals surface area contributed by atoms with Crippen molar-refractivity contribution < 1.29 is 9.53 Å². The molecule has 32 heavy (non-hydrogen) atoms. The maximum Gasteiger partial charge on any atom is 0.240 e. The van der Waals surface area contributed by atoms with Crippen molar-refractivity contribution in [3.05, 3.63) is 84.6 Å². The second kappa shape index (κ2) is 9.24. The van der Waals surface area contributed by atoms with Crippen molar-refractivity contribution >= 4 is 22.6 Å². The third-order valence-corrected chi connectivity index (χ3v) is 5.82. The zero-order valence-electron chi connectivity index (χ0n) is 17.9. The summed E-state index contributed by atoms with van der Waals surface area (Å²) in [5.41, 5.74) is 4.23. The quantitative estimate of drug-likeness (QED) is 0.509. The number of carbonyl (C=O) groups excluding carboxylic acids is 1. The molecule has 0 radical (unpaired) electrons. The highest BCUT2D eigenvalue weighted by Gasteiger charge is 2.15. The van der Waals surface area contributed by atoms with E-state index in [2.05, 4.69) is 50.1 Å². The van der Waals surface area contributed by atoms with Crippen LogP contribution in [0, 0.1) is 0 Å². The molecule has 0 saturated carbocycles. The molecular formula is C26H26N4O2. The van der Waals surface area contributed by atoms with Crippen molar-refractivity contribution in [2.75, 3.05) is 31.2 Å². The molecule has 3 heterocycles. The van der Waals surface area contributed by atoms with Gasteiger partial charge in [0.25, 0.3) is 0 Å². The normalized spacial score (nSPS) is 13.9. The maximum atomic E-state index is 12.9. The Hall–Kier alpha value is -3.64. The predicted molar refractivity (Wildman–Crippen MR) is 126 cm³/mol. The van der Waals surface area contributed by atoms with Gasteiger partial charge in [0.15, 0.2) is 0 Å². The lowest BCUT2D eigenvalue weighted by atomic mass is 10.1. The van der Waals surface area contributed by atoms with E-state index >= 15 is 0 Å². The lowest BCUT2D eigenvalue weighted by Crippen LogP contribution is -2.36. The number of pyridine rings is 1. The summed E-state index contributed by atoms with van der Waals surface area (Å²) in [5.74, 6) is 0.913. The number of ether oxygens (including phenoxy) is 1. The van der Waals surface area contributed by atoms with Crippen molar-refractivity contribution in [2.45, 2.75) is 13.1 Å². The number of fused-ring (bicyclic) bond motifs is 1. The molecule has 0 aliphatic carbocycles. The number of benzene rings is 2. The van der Waals surface area contributed by atoms with E-state index in [0.29, 0.717) is 6.54 Å². The average molecular weight is 427 g/mol. The summed E-state index contributed by atoms with van der Waals surface area (Å²) in [6.45, 7) is 3.85. The van der Waals surface area contributed by atoms with Crippen LogP contribution in [0.4, 0.5) is 5.82 Å². The predicted octanol–water partition coefficient (Wildman–Crippen LogP) is 3.86. The number of anilines is 1. The number of carbonyl (C=O) groups is 1. The first kappa shape index (κ1) is 20.3. The Labute approximate surface area is 187 Å². The highest BCUT2D eigenvalue weighted by Crippen LogP contribution is 2.28. The number of nitrogens with zero attached hydrogens (tertiary/aromatic N) is 3. The fourth-order valence-corrected chi connectivity index (χ4v) is 4.16. The maximum absolute atomic E-state index is 12.9. The molecule has 6 nitrogen and oxygen atoms in total. The second-order valence-corrected chi connectivity index (χ2v) is 7.94. The van der Waals surface area contributed by atoms with Gasteiger partial charge in [0.05, 0.1) is 13.2 Å². The first-order valence-electron chi connectivity index (χ1n) is 11.0. The molecular weight excluding hydrogens is 400 g/mol. The van der Waals surface area contributed by atoms with Gasteiger partial charge in [0, 0.05) is 42.4 Å². The number of para-hydroxylation sites is 1. The van der Waals surface area contributed by atoms with Crippen LogP contribution in [0.2, 0.25) is 0 Å². The Morgan fingerprint density at radius 3 is 2.59 bits per heavy atom. The van der Waals surface area contributed by atoms with E-state index in [0.717, 1.165) is 59.8 Å². The molecule has 2 aromatic heterocycles. The van der Waals surface area contributed by atoms with Crippen LogP contribution >= 0.6 is 0 Å². The molecule has 1 N–H and O–H groups in total. The van der Waals surface area contributed by atoms with Crippen LogP contribution in [0.1, 0.15) is 5.56 Å². The van der Waals surface area contributed by atoms with Gasteiger partial charge in [-0.2, -0.15) is 0 Å². The average Bonchev–Trinajstić information content (AvgIpc) is 3.22. The Kier molecular flexibility index (Phi) is 5.85. The van der Waals surface area contributed by atoms with Crippen LogP contribution in [0.5, 0.6) is 0 Å². The summed E-state index contributed by atoms with van der Waals surface area (Å²) in [4.78, 5) is 19.6. The second-order valence-electron chi connectivity index (χ2n) is 7.94. The zero-order chi connectivity index (χ0) is 21.8. The van der Waals surface area contributed by atoms with E-state index < -0.39 is 0 Å². The van der Waals surface area contributed by atoms with Gasteiger partial charge in [-0.1, -0.05) is 48.5 Å². The lowest BCUT2D eigenvalue weighted by Gasteiger charge is -2.28. The summed E-state index contributed by atoms with van der Waals surface area (Å²) in [6.07, 6.45) is 1.80. The van der Waals surface area contributed by atoms with Crippen LogP contribution in [-0.2, 0) is 22.6 Å². The Morgan fingerprint density at radius 1 is 0.969 bits per heavy atom. The molecule has 1 amide bonds. The number of aromatic nitrogens is 2. The van der Waals surface area contributed by atoms with Gasteiger partial charge in [-0.05, 0) is 35.4 Å². The van der Waals surface area contributed by atoms with E-state index in [1.54, 1.807) is 6.20 Å². The van der Waals surface area contributed by atoms with E-state index in [9.17, 15) is 4.79 Å². The van der Waals surface area contributed by atoms with Crippen molar-refractivity contribution in [1.29, 1.82) is 0 Å². The topological polar surface area (TPSA) is 59.4 Å². The molecule has 162 valence electrons. The molecule has 0 spiro atoms. The lowest BCUT2D eigenvalue weighted by molar-refractivity contribution is -0.121. The molecule has 6 heteroatoms. The molecule has 1 aliphatic heterocycles. The minimum Gasteiger partial charge on any atom is -0.378 e. The van der Waals surface area contributed by atoms with Crippen molar-refractivity contribution in [3.63, 3.8) is 0 Å². The number of morpholine rings is 1. The van der Waals surface area contributed by atoms with Gasteiger partial charge in [-0.25, -0.2) is 4.98 Å². The van der Waals surface area contributed by atoms with Crippen molar-refractivity contribution in [3.8, 4) is 11.3 Å². The van der Waals surface area contributed by atoms with Crippen LogP contribution < -0.4 is 10.2 Å². The number of hydrogen-bond donors (Lipinski definition) is 1. The standard InChI is InChI=1S/C26H26N4O2/c31-26(28-18-20-10-11-27-25(16-20)29-12-14-32-15-13-29)19-30-23-9-5-4-8-22(23)17-24(30)21-6-2-1-3-7-21/h1-11,16-17H,12-15,18-19H2,(H,28,31). The van der Waals surface area contributed by atoms with Gasteiger partial charge in [-0.15, -0.1) is 0 Å². The van der Waals surface area contributed by atoms with E-state index in [1.165, 1.54) is 0 Å². The monoisotopic (exact) mass is 426 g/mol. The fourth-order valence-electron chi connectivity index (χ4n) is 4.16. The van der Waals surface area contributed by atoms with E-state index in [-0.39, 0.29) is 12.5 Å². The Morgan fingerprint density at radius 2 is 1.75 bits per heavy atom. The van der Waals surface area contributed by atoms with Gasteiger partial charge in [0.1, 0.15) is 12.4 Å². The van der Waals surface area contributed by atoms with Gasteiger partial charge >= 0.3 is 0 Å². The summed E-state index contributed by atoms with van der Waals surface area (Å²) in [5, 5.41) is 4.21. The third-order valence-electron chi connectivity index (χ3n) is 5.82. The molecule has 4 aromatic rings. The van der Waals surface area contributed by atoms with E-state index in [4.69, 9.17) is 4.74 Å². The van der Waals surface area contributed by atoms with Crippen LogP contribution in [0.15, 0.2) is 79.0 Å². The zero-order valence-corrected chi connectivity index (χ0v) is 17.9. The molecule has 2 aromatic carbocycles. The van der Waals surface area contributed by atoms with Gasteiger partial charge in [0.2, 0.25) is 5.91 Å². The minimum absolute atomic E-state index is 0.0201. The number of hydrogen-bond acceptors (Lipinski definition) is 4. The molecule has 0 bridgehead atoms. The molecule has 1 fully saturated rings. The summed E-state index contributed by atoms with van der Waals surface area (Å²) >= 11 is 0. The largest absolute Gasteiger partial charge is 0.378 e. The van der Waals surface area contributed by atoms with Gasteiger partial charge in [-0.3, -0.25) is 4.79 Å². The summed E-state index contributed by atoms with van der Waals surface area (Å²) in [7, 11) is 0. The van der Waals surface area contributed by atoms with Crippen LogP contribution in [-0.4, -0.2) is 41.8 Å². The minimum atomic E-state index is -0.0201. The molecule has 0 unspecified atom stereocenters. The first-order valence-corrected chi connectivity index (χ1v) is 11.0. The first-order chi connectivity index (χ1) is 15.8. The fraction of sp³-hybridized carbons (Fsp3) is 0.231. The van der Waals surface area contributed by atoms with Crippen LogP contribution in [0.25, 0.3) is 22.2 Å². The number of amides is 1. The molecule has 1 aliphatic rings. The van der Waals surface area contributed by atoms with E-state index in [1.807, 2.05) is 42.5 Å². The molecule has 5 rings (SSSR count). The highest BCUT2D eigenvalue weighted by atomic mass is 16.5. The number of rotatable bonds is 6. The van der Waals surface area contributed by atoms with Crippen molar-refractivity contribution in [2.24, 2.45) is 0 Å². The Balaban J connectivity index is 1.32. The smallest absolute Gasteiger partial charge is 0.240 e. The van der Waals surface area contributed by atoms with Crippen LogP contribution in [0.3, 0.4) is 0 Å². The summed E-state index contributed by atoms with van der Waals surface area (Å²) < 4.78 is 7.51. The highest BCUT2D eigenvalue weighted by molar-refractivity contribution is 5.89. The molecule has 1 saturated heterocycles. The number of nitrogens with one attached hydrogen (secondary N) is 1. The molecule has 0 atom stereocenters.